The van der Waals surface area contributed by atoms with Crippen molar-refractivity contribution >= 4 is 5.91 Å². The molecule has 0 spiro atoms. The summed E-state index contributed by atoms with van der Waals surface area (Å²) in [6, 6.07) is 6.00. The Bertz CT molecular complexity index is 497. The van der Waals surface area contributed by atoms with Gasteiger partial charge in [0.25, 0.3) is 0 Å². The number of likely N-dealkylation sites (tertiary alicyclic amines) is 1. The number of hydrogen-bond donors (Lipinski definition) is 1. The van der Waals surface area contributed by atoms with Gasteiger partial charge in [-0.3, -0.25) is 14.7 Å². The molecular formula is C16H22N4O. The second-order valence-electron chi connectivity index (χ2n) is 5.62. The monoisotopic (exact) mass is 286 g/mol. The Morgan fingerprint density at radius 1 is 1.62 bits per heavy atom. The van der Waals surface area contributed by atoms with E-state index >= 15 is 0 Å². The average Bonchev–Trinajstić information content (AvgIpc) is 2.53. The van der Waals surface area contributed by atoms with Gasteiger partial charge in [-0.2, -0.15) is 5.26 Å². The van der Waals surface area contributed by atoms with Gasteiger partial charge in [-0.25, -0.2) is 0 Å². The van der Waals surface area contributed by atoms with Gasteiger partial charge in [0.2, 0.25) is 5.91 Å². The van der Waals surface area contributed by atoms with Crippen LogP contribution in [-0.2, 0) is 11.3 Å². The molecule has 0 aromatic carbocycles. The molecule has 2 rings (SSSR count). The molecule has 1 aromatic rings. The van der Waals surface area contributed by atoms with Crippen molar-refractivity contribution in [2.24, 2.45) is 5.92 Å². The molecule has 1 aliphatic heterocycles. The fourth-order valence-electron chi connectivity index (χ4n) is 2.62. The van der Waals surface area contributed by atoms with Gasteiger partial charge < -0.3 is 5.32 Å². The van der Waals surface area contributed by atoms with Crippen molar-refractivity contribution in [3.63, 3.8) is 0 Å². The summed E-state index contributed by atoms with van der Waals surface area (Å²) in [5.74, 6) is -0.106. The number of nitriles is 1. The van der Waals surface area contributed by atoms with Crippen molar-refractivity contribution in [3.8, 4) is 6.07 Å². The topological polar surface area (TPSA) is 69.0 Å². The highest BCUT2D eigenvalue weighted by molar-refractivity contribution is 5.81. The Labute approximate surface area is 126 Å². The summed E-state index contributed by atoms with van der Waals surface area (Å²) < 4.78 is 0. The van der Waals surface area contributed by atoms with Crippen molar-refractivity contribution in [2.45, 2.75) is 38.8 Å². The molecule has 1 amide bonds. The molecule has 0 unspecified atom stereocenters. The van der Waals surface area contributed by atoms with Crippen molar-refractivity contribution in [2.75, 3.05) is 13.1 Å². The van der Waals surface area contributed by atoms with Gasteiger partial charge in [-0.05, 0) is 37.9 Å². The van der Waals surface area contributed by atoms with E-state index in [1.54, 1.807) is 6.20 Å². The van der Waals surface area contributed by atoms with E-state index in [4.69, 9.17) is 5.26 Å². The Morgan fingerprint density at radius 3 is 3.19 bits per heavy atom. The van der Waals surface area contributed by atoms with E-state index in [0.717, 1.165) is 37.9 Å². The molecule has 0 aliphatic carbocycles. The smallest absolute Gasteiger partial charge is 0.237 e. The normalized spacial score (nSPS) is 20.5. The highest BCUT2D eigenvalue weighted by Crippen LogP contribution is 2.19. The lowest BCUT2D eigenvalue weighted by atomic mass is 10.0. The molecule has 5 heteroatoms. The number of nitrogens with one attached hydrogen (secondary N) is 1. The minimum absolute atomic E-state index is 0.0423. The summed E-state index contributed by atoms with van der Waals surface area (Å²) in [5, 5.41) is 11.7. The second kappa shape index (κ2) is 7.75. The van der Waals surface area contributed by atoms with E-state index in [0.29, 0.717) is 6.54 Å². The van der Waals surface area contributed by atoms with Gasteiger partial charge in [0.05, 0.1) is 18.0 Å². The van der Waals surface area contributed by atoms with Crippen LogP contribution in [0.4, 0.5) is 0 Å². The summed E-state index contributed by atoms with van der Waals surface area (Å²) in [4.78, 5) is 18.7. The number of nitrogens with zero attached hydrogens (tertiary/aromatic N) is 3. The third kappa shape index (κ3) is 4.54. The average molecular weight is 286 g/mol. The summed E-state index contributed by atoms with van der Waals surface area (Å²) in [7, 11) is 0. The van der Waals surface area contributed by atoms with E-state index in [-0.39, 0.29) is 17.9 Å². The number of aromatic nitrogens is 1. The number of pyridine rings is 1. The predicted octanol–water partition coefficient (Wildman–Crippen LogP) is 1.71. The van der Waals surface area contributed by atoms with Crippen LogP contribution in [0.1, 0.15) is 31.7 Å². The molecule has 0 radical (unpaired) electrons. The highest BCUT2D eigenvalue weighted by Gasteiger charge is 2.28. The minimum atomic E-state index is -0.149. The highest BCUT2D eigenvalue weighted by atomic mass is 16.2. The lowest BCUT2D eigenvalue weighted by Gasteiger charge is -2.34. The Kier molecular flexibility index (Phi) is 5.70. The van der Waals surface area contributed by atoms with Crippen LogP contribution in [0.5, 0.6) is 0 Å². The van der Waals surface area contributed by atoms with Crippen molar-refractivity contribution in [1.29, 1.82) is 5.26 Å². The molecule has 2 atom stereocenters. The largest absolute Gasteiger partial charge is 0.353 e. The van der Waals surface area contributed by atoms with Gasteiger partial charge in [0.1, 0.15) is 0 Å². The van der Waals surface area contributed by atoms with Gasteiger partial charge in [-0.1, -0.05) is 12.5 Å². The lowest BCUT2D eigenvalue weighted by molar-refractivity contribution is -0.128. The molecule has 1 fully saturated rings. The van der Waals surface area contributed by atoms with Crippen molar-refractivity contribution in [1.82, 2.24) is 15.2 Å². The van der Waals surface area contributed by atoms with E-state index in [2.05, 4.69) is 21.3 Å². The van der Waals surface area contributed by atoms with E-state index in [1.807, 2.05) is 25.3 Å². The maximum atomic E-state index is 12.3. The zero-order valence-corrected chi connectivity index (χ0v) is 12.5. The second-order valence-corrected chi connectivity index (χ2v) is 5.62. The van der Waals surface area contributed by atoms with Crippen LogP contribution >= 0.6 is 0 Å². The zero-order valence-electron chi connectivity index (χ0n) is 12.5. The lowest BCUT2D eigenvalue weighted by Crippen LogP contribution is -2.49. The molecule has 0 saturated carbocycles. The van der Waals surface area contributed by atoms with Crippen LogP contribution in [-0.4, -0.2) is 34.9 Å². The fraction of sp³-hybridized carbons (Fsp3) is 0.562. The molecule has 0 bridgehead atoms. The van der Waals surface area contributed by atoms with Gasteiger partial charge >= 0.3 is 0 Å². The third-order valence-corrected chi connectivity index (χ3v) is 3.83. The first-order valence-electron chi connectivity index (χ1n) is 7.51. The Hall–Kier alpha value is -1.93. The van der Waals surface area contributed by atoms with Gasteiger partial charge in [-0.15, -0.1) is 0 Å². The van der Waals surface area contributed by atoms with Crippen LogP contribution in [0.2, 0.25) is 0 Å². The molecule has 1 aliphatic rings. The van der Waals surface area contributed by atoms with Crippen LogP contribution in [0.15, 0.2) is 24.5 Å². The van der Waals surface area contributed by atoms with E-state index in [1.165, 1.54) is 0 Å². The molecule has 1 N–H and O–H groups in total. The van der Waals surface area contributed by atoms with E-state index in [9.17, 15) is 4.79 Å². The third-order valence-electron chi connectivity index (χ3n) is 3.83. The minimum Gasteiger partial charge on any atom is -0.353 e. The van der Waals surface area contributed by atoms with E-state index < -0.39 is 0 Å². The fourth-order valence-corrected chi connectivity index (χ4v) is 2.62. The SMILES string of the molecule is C[C@@H](C#N)CNC(=O)[C@H]1CCCCN1Cc1cccnc1. The first-order valence-corrected chi connectivity index (χ1v) is 7.51. The molecule has 112 valence electrons. The van der Waals surface area contributed by atoms with Gasteiger partial charge in [0.15, 0.2) is 0 Å². The zero-order chi connectivity index (χ0) is 15.1. The number of rotatable bonds is 5. The maximum Gasteiger partial charge on any atom is 0.237 e. The summed E-state index contributed by atoms with van der Waals surface area (Å²) in [5.41, 5.74) is 1.13. The standard InChI is InChI=1S/C16H22N4O/c1-13(9-17)10-19-16(21)15-6-2-3-8-20(15)12-14-5-4-7-18-11-14/h4-5,7,11,13,15H,2-3,6,8,10,12H2,1H3,(H,19,21)/t13-,15+/m0/s1. The number of carbonyl (C=O) groups excluding carboxylic acids is 1. The Morgan fingerprint density at radius 2 is 2.48 bits per heavy atom. The number of carbonyl (C=O) groups is 1. The molecule has 5 nitrogen and oxygen atoms in total. The first-order chi connectivity index (χ1) is 10.2. The summed E-state index contributed by atoms with van der Waals surface area (Å²) in [6.45, 7) is 3.92. The Balaban J connectivity index is 1.95. The molecular weight excluding hydrogens is 264 g/mol. The maximum absolute atomic E-state index is 12.3. The molecule has 21 heavy (non-hydrogen) atoms. The first kappa shape index (κ1) is 15.5. The summed E-state index contributed by atoms with van der Waals surface area (Å²) in [6.07, 6.45) is 6.69. The number of hydrogen-bond acceptors (Lipinski definition) is 4. The van der Waals surface area contributed by atoms with Crippen LogP contribution in [0.25, 0.3) is 0 Å². The number of piperidine rings is 1. The van der Waals surface area contributed by atoms with Crippen molar-refractivity contribution in [3.05, 3.63) is 30.1 Å². The molecule has 1 saturated heterocycles. The predicted molar refractivity (Wildman–Crippen MR) is 80.1 cm³/mol. The van der Waals surface area contributed by atoms with Crippen LogP contribution in [0, 0.1) is 17.2 Å². The quantitative estimate of drug-likeness (QED) is 0.894. The molecule has 2 heterocycles. The summed E-state index contributed by atoms with van der Waals surface area (Å²) >= 11 is 0. The number of amides is 1. The van der Waals surface area contributed by atoms with Crippen LogP contribution < -0.4 is 5.32 Å². The van der Waals surface area contributed by atoms with Crippen molar-refractivity contribution < 1.29 is 4.79 Å². The molecule has 1 aromatic heterocycles. The van der Waals surface area contributed by atoms with Crippen LogP contribution in [0.3, 0.4) is 0 Å². The van der Waals surface area contributed by atoms with Gasteiger partial charge in [0, 0.05) is 25.5 Å².